The standard InChI is InChI=1S/C10H12O2.CH4/c11-10(12)8-4-7-9-5-2-1-3-6-9;/h1-3,5-6H,4,7-8H2,(H,11,12);1H4/p-1. The number of carboxylic acids is 1. The van der Waals surface area contributed by atoms with Crippen molar-refractivity contribution >= 4 is 5.97 Å². The minimum absolute atomic E-state index is 0. The van der Waals surface area contributed by atoms with Crippen LogP contribution in [0.5, 0.6) is 0 Å². The summed E-state index contributed by atoms with van der Waals surface area (Å²) >= 11 is 0. The molecule has 72 valence electrons. The Hall–Kier alpha value is -1.31. The molecule has 1 rings (SSSR count). The van der Waals surface area contributed by atoms with E-state index in [1.165, 1.54) is 5.56 Å². The molecule has 0 heterocycles. The summed E-state index contributed by atoms with van der Waals surface area (Å²) in [5, 5.41) is 10.1. The molecule has 0 spiro atoms. The lowest BCUT2D eigenvalue weighted by molar-refractivity contribution is -0.305. The van der Waals surface area contributed by atoms with Crippen molar-refractivity contribution in [2.24, 2.45) is 0 Å². The van der Waals surface area contributed by atoms with Crippen molar-refractivity contribution in [2.45, 2.75) is 26.7 Å². The molecule has 0 unspecified atom stereocenters. The van der Waals surface area contributed by atoms with Crippen LogP contribution < -0.4 is 5.11 Å². The zero-order chi connectivity index (χ0) is 8.81. The van der Waals surface area contributed by atoms with Gasteiger partial charge in [-0.1, -0.05) is 37.8 Å². The molecule has 0 saturated heterocycles. The topological polar surface area (TPSA) is 40.1 Å². The fraction of sp³-hybridized carbons (Fsp3) is 0.364. The van der Waals surface area contributed by atoms with Gasteiger partial charge >= 0.3 is 0 Å². The number of rotatable bonds is 4. The highest BCUT2D eigenvalue weighted by Crippen LogP contribution is 2.03. The number of hydrogen-bond donors (Lipinski definition) is 0. The van der Waals surface area contributed by atoms with Crippen LogP contribution in [0.1, 0.15) is 25.8 Å². The largest absolute Gasteiger partial charge is 0.550 e. The Morgan fingerprint density at radius 2 is 1.85 bits per heavy atom. The van der Waals surface area contributed by atoms with Gasteiger partial charge in [0.25, 0.3) is 0 Å². The first-order valence-corrected chi connectivity index (χ1v) is 4.03. The quantitative estimate of drug-likeness (QED) is 0.700. The predicted molar refractivity (Wildman–Crippen MR) is 51.1 cm³/mol. The molecule has 0 aliphatic rings. The van der Waals surface area contributed by atoms with Gasteiger partial charge in [-0.15, -0.1) is 0 Å². The summed E-state index contributed by atoms with van der Waals surface area (Å²) in [7, 11) is 0. The summed E-state index contributed by atoms with van der Waals surface area (Å²) in [6, 6.07) is 9.84. The van der Waals surface area contributed by atoms with E-state index in [-0.39, 0.29) is 13.8 Å². The molecule has 13 heavy (non-hydrogen) atoms. The van der Waals surface area contributed by atoms with Gasteiger partial charge in [0.05, 0.1) is 0 Å². The fourth-order valence-corrected chi connectivity index (χ4v) is 1.08. The molecule has 0 saturated carbocycles. The molecule has 0 aliphatic heterocycles. The number of carboxylic acid groups (broad SMARTS) is 1. The molecular weight excluding hydrogens is 164 g/mol. The van der Waals surface area contributed by atoms with E-state index in [1.807, 2.05) is 30.3 Å². The maximum atomic E-state index is 10.1. The van der Waals surface area contributed by atoms with Crippen molar-refractivity contribution < 1.29 is 9.90 Å². The molecular formula is C11H15O2-. The molecule has 0 amide bonds. The number of aryl methyl sites for hydroxylation is 1. The fourth-order valence-electron chi connectivity index (χ4n) is 1.08. The summed E-state index contributed by atoms with van der Waals surface area (Å²) in [5.74, 6) is -0.967. The SMILES string of the molecule is C.O=C([O-])CCCc1ccccc1. The molecule has 0 atom stereocenters. The number of aliphatic carboxylic acids is 1. The highest BCUT2D eigenvalue weighted by molar-refractivity contribution is 5.64. The molecule has 2 heteroatoms. The lowest BCUT2D eigenvalue weighted by atomic mass is 10.1. The van der Waals surface area contributed by atoms with Crippen LogP contribution in [0.25, 0.3) is 0 Å². The second kappa shape index (κ2) is 6.23. The first-order chi connectivity index (χ1) is 5.79. The minimum atomic E-state index is -0.967. The molecule has 0 aliphatic carbocycles. The number of benzene rings is 1. The lowest BCUT2D eigenvalue weighted by Crippen LogP contribution is -2.21. The van der Waals surface area contributed by atoms with Gasteiger partial charge in [0, 0.05) is 5.97 Å². The Kier molecular flexibility index (Phi) is 5.60. The average Bonchev–Trinajstić information content (AvgIpc) is 2.05. The number of carbonyl (C=O) groups is 1. The monoisotopic (exact) mass is 179 g/mol. The second-order valence-electron chi connectivity index (χ2n) is 2.71. The van der Waals surface area contributed by atoms with Crippen LogP contribution in [0.15, 0.2) is 30.3 Å². The first-order valence-electron chi connectivity index (χ1n) is 4.03. The third kappa shape index (κ3) is 5.01. The third-order valence-electron chi connectivity index (χ3n) is 1.69. The predicted octanol–water partition coefficient (Wildman–Crippen LogP) is 1.40. The van der Waals surface area contributed by atoms with Crippen LogP contribution in [-0.4, -0.2) is 5.97 Å². The Bertz CT molecular complexity index is 242. The van der Waals surface area contributed by atoms with Gasteiger partial charge in [-0.05, 0) is 24.8 Å². The van der Waals surface area contributed by atoms with E-state index in [4.69, 9.17) is 0 Å². The molecule has 1 aromatic carbocycles. The van der Waals surface area contributed by atoms with E-state index in [9.17, 15) is 9.90 Å². The van der Waals surface area contributed by atoms with E-state index in [1.54, 1.807) is 0 Å². The van der Waals surface area contributed by atoms with Gasteiger partial charge in [-0.3, -0.25) is 0 Å². The van der Waals surface area contributed by atoms with Crippen molar-refractivity contribution in [1.29, 1.82) is 0 Å². The second-order valence-corrected chi connectivity index (χ2v) is 2.71. The maximum absolute atomic E-state index is 10.1. The van der Waals surface area contributed by atoms with Crippen molar-refractivity contribution in [2.75, 3.05) is 0 Å². The molecule has 0 aromatic heterocycles. The summed E-state index contributed by atoms with van der Waals surface area (Å²) in [6.45, 7) is 0. The van der Waals surface area contributed by atoms with Crippen LogP contribution in [0.4, 0.5) is 0 Å². The molecule has 1 aromatic rings. The van der Waals surface area contributed by atoms with Crippen LogP contribution in [0.3, 0.4) is 0 Å². The Balaban J connectivity index is 0.00000144. The van der Waals surface area contributed by atoms with Crippen molar-refractivity contribution in [3.8, 4) is 0 Å². The van der Waals surface area contributed by atoms with E-state index in [2.05, 4.69) is 0 Å². The van der Waals surface area contributed by atoms with Crippen molar-refractivity contribution in [3.63, 3.8) is 0 Å². The van der Waals surface area contributed by atoms with E-state index < -0.39 is 5.97 Å². The number of carbonyl (C=O) groups excluding carboxylic acids is 1. The van der Waals surface area contributed by atoms with Crippen molar-refractivity contribution in [3.05, 3.63) is 35.9 Å². The first kappa shape index (κ1) is 11.7. The minimum Gasteiger partial charge on any atom is -0.550 e. The van der Waals surface area contributed by atoms with Gasteiger partial charge in [-0.2, -0.15) is 0 Å². The summed E-state index contributed by atoms with van der Waals surface area (Å²) in [5.41, 5.74) is 1.18. The Labute approximate surface area is 79.2 Å². The van der Waals surface area contributed by atoms with Gasteiger partial charge in [-0.25, -0.2) is 0 Å². The van der Waals surface area contributed by atoms with E-state index in [0.29, 0.717) is 6.42 Å². The third-order valence-corrected chi connectivity index (χ3v) is 1.69. The molecule has 2 nitrogen and oxygen atoms in total. The summed E-state index contributed by atoms with van der Waals surface area (Å²) < 4.78 is 0. The summed E-state index contributed by atoms with van der Waals surface area (Å²) in [4.78, 5) is 10.1. The van der Waals surface area contributed by atoms with Gasteiger partial charge in [0.15, 0.2) is 0 Å². The molecule has 0 fully saturated rings. The van der Waals surface area contributed by atoms with Gasteiger partial charge in [0.1, 0.15) is 0 Å². The van der Waals surface area contributed by atoms with Crippen LogP contribution in [-0.2, 0) is 11.2 Å². The molecule has 0 radical (unpaired) electrons. The highest BCUT2D eigenvalue weighted by Gasteiger charge is 1.91. The average molecular weight is 179 g/mol. The zero-order valence-corrected chi connectivity index (χ0v) is 6.82. The van der Waals surface area contributed by atoms with Crippen molar-refractivity contribution in [1.82, 2.24) is 0 Å². The Morgan fingerprint density at radius 1 is 1.23 bits per heavy atom. The number of hydrogen-bond acceptors (Lipinski definition) is 2. The maximum Gasteiger partial charge on any atom is 0.0414 e. The Morgan fingerprint density at radius 3 is 2.38 bits per heavy atom. The van der Waals surface area contributed by atoms with E-state index >= 15 is 0 Å². The van der Waals surface area contributed by atoms with E-state index in [0.717, 1.165) is 6.42 Å². The van der Waals surface area contributed by atoms with Crippen LogP contribution in [0.2, 0.25) is 0 Å². The highest BCUT2D eigenvalue weighted by atomic mass is 16.4. The summed E-state index contributed by atoms with van der Waals surface area (Å²) in [6.07, 6.45) is 1.62. The lowest BCUT2D eigenvalue weighted by Gasteiger charge is -2.01. The normalized spacial score (nSPS) is 8.92. The zero-order valence-electron chi connectivity index (χ0n) is 6.82. The van der Waals surface area contributed by atoms with Crippen LogP contribution in [0, 0.1) is 0 Å². The molecule has 0 N–H and O–H groups in total. The molecule has 0 bridgehead atoms. The smallest absolute Gasteiger partial charge is 0.0414 e. The van der Waals surface area contributed by atoms with Crippen LogP contribution >= 0.6 is 0 Å². The van der Waals surface area contributed by atoms with Gasteiger partial charge < -0.3 is 9.90 Å². The van der Waals surface area contributed by atoms with Gasteiger partial charge in [0.2, 0.25) is 0 Å².